The molecule has 1 aromatic carbocycles. The third-order valence-electron chi connectivity index (χ3n) is 3.02. The van der Waals surface area contributed by atoms with Crippen LogP contribution in [0.3, 0.4) is 0 Å². The van der Waals surface area contributed by atoms with Gasteiger partial charge in [0, 0.05) is 12.1 Å². The van der Waals surface area contributed by atoms with Crippen LogP contribution in [0, 0.1) is 0 Å². The van der Waals surface area contributed by atoms with Crippen LogP contribution in [-0.2, 0) is 0 Å². The Morgan fingerprint density at radius 3 is 2.80 bits per heavy atom. The van der Waals surface area contributed by atoms with Gasteiger partial charge in [-0.05, 0) is 30.3 Å². The summed E-state index contributed by atoms with van der Waals surface area (Å²) in [7, 11) is 3.44. The lowest BCUT2D eigenvalue weighted by Crippen LogP contribution is -1.91. The molecule has 102 valence electrons. The topological polar surface area (TPSA) is 62.8 Å². The fraction of sp³-hybridized carbons (Fsp3) is 0.143. The van der Waals surface area contributed by atoms with Crippen LogP contribution in [0.2, 0.25) is 5.02 Å². The molecule has 0 aliphatic rings. The Bertz CT molecular complexity index is 769. The van der Waals surface area contributed by atoms with Crippen LogP contribution in [-0.4, -0.2) is 29.1 Å². The quantitative estimate of drug-likeness (QED) is 0.776. The fourth-order valence-corrected chi connectivity index (χ4v) is 2.20. The molecule has 0 aliphatic carbocycles. The number of benzene rings is 1. The zero-order chi connectivity index (χ0) is 14.1. The van der Waals surface area contributed by atoms with Gasteiger partial charge in [-0.25, -0.2) is 9.97 Å². The van der Waals surface area contributed by atoms with Gasteiger partial charge in [-0.3, -0.25) is 0 Å². The second kappa shape index (κ2) is 5.02. The Hall–Kier alpha value is -2.27. The maximum Gasteiger partial charge on any atom is 0.180 e. The number of rotatable bonds is 3. The summed E-state index contributed by atoms with van der Waals surface area (Å²) in [4.78, 5) is 12.1. The van der Waals surface area contributed by atoms with E-state index in [4.69, 9.17) is 16.3 Å². The molecule has 0 amide bonds. The lowest BCUT2D eigenvalue weighted by molar-refractivity contribution is 0.416. The molecular weight excluding hydrogens is 276 g/mol. The minimum atomic E-state index is 0.630. The molecule has 0 unspecified atom stereocenters. The highest BCUT2D eigenvalue weighted by molar-refractivity contribution is 6.30. The summed E-state index contributed by atoms with van der Waals surface area (Å²) in [5.74, 6) is 2.16. The summed E-state index contributed by atoms with van der Waals surface area (Å²) in [6, 6.07) is 9.24. The van der Waals surface area contributed by atoms with Gasteiger partial charge in [-0.1, -0.05) is 11.6 Å². The predicted octanol–water partition coefficient (Wildman–Crippen LogP) is 3.33. The van der Waals surface area contributed by atoms with Crippen molar-refractivity contribution in [1.82, 2.24) is 15.0 Å². The standard InChI is InChI=1S/C14H13ClN4O/c1-16-12-6-4-10-14(18-12)19-13(17-10)9-7-8(15)3-5-11(9)20-2/h3-7H,1-2H3,(H2,16,17,18,19). The molecule has 3 rings (SSSR count). The smallest absolute Gasteiger partial charge is 0.180 e. The van der Waals surface area contributed by atoms with Crippen LogP contribution in [0.4, 0.5) is 5.82 Å². The van der Waals surface area contributed by atoms with Crippen LogP contribution < -0.4 is 10.1 Å². The van der Waals surface area contributed by atoms with Gasteiger partial charge in [0.05, 0.1) is 18.2 Å². The highest BCUT2D eigenvalue weighted by atomic mass is 35.5. The Kier molecular flexibility index (Phi) is 3.20. The van der Waals surface area contributed by atoms with E-state index in [0.29, 0.717) is 22.2 Å². The average Bonchev–Trinajstić information content (AvgIpc) is 2.89. The van der Waals surface area contributed by atoms with E-state index >= 15 is 0 Å². The lowest BCUT2D eigenvalue weighted by atomic mass is 10.2. The summed E-state index contributed by atoms with van der Waals surface area (Å²) < 4.78 is 5.34. The Morgan fingerprint density at radius 1 is 1.20 bits per heavy atom. The Labute approximate surface area is 121 Å². The monoisotopic (exact) mass is 288 g/mol. The van der Waals surface area contributed by atoms with Crippen LogP contribution in [0.15, 0.2) is 30.3 Å². The number of halogens is 1. The summed E-state index contributed by atoms with van der Waals surface area (Å²) in [5.41, 5.74) is 2.32. The van der Waals surface area contributed by atoms with Gasteiger partial charge < -0.3 is 15.0 Å². The van der Waals surface area contributed by atoms with Crippen molar-refractivity contribution in [3.05, 3.63) is 35.4 Å². The zero-order valence-corrected chi connectivity index (χ0v) is 11.8. The van der Waals surface area contributed by atoms with Gasteiger partial charge in [0.25, 0.3) is 0 Å². The summed E-state index contributed by atoms with van der Waals surface area (Å²) in [5, 5.41) is 3.62. The van der Waals surface area contributed by atoms with Crippen molar-refractivity contribution < 1.29 is 4.74 Å². The summed E-state index contributed by atoms with van der Waals surface area (Å²) in [6.07, 6.45) is 0. The minimum Gasteiger partial charge on any atom is -0.496 e. The number of imidazole rings is 1. The highest BCUT2D eigenvalue weighted by Crippen LogP contribution is 2.31. The molecule has 0 bridgehead atoms. The Morgan fingerprint density at radius 2 is 2.05 bits per heavy atom. The van der Waals surface area contributed by atoms with E-state index in [2.05, 4.69) is 20.3 Å². The van der Waals surface area contributed by atoms with Gasteiger partial charge >= 0.3 is 0 Å². The molecule has 20 heavy (non-hydrogen) atoms. The first-order chi connectivity index (χ1) is 9.71. The van der Waals surface area contributed by atoms with E-state index in [1.807, 2.05) is 31.3 Å². The SMILES string of the molecule is CNc1ccc2[nH]c(-c3cc(Cl)ccc3OC)nc2n1. The van der Waals surface area contributed by atoms with E-state index in [1.165, 1.54) is 0 Å². The van der Waals surface area contributed by atoms with Crippen molar-refractivity contribution in [1.29, 1.82) is 0 Å². The molecule has 0 aliphatic heterocycles. The zero-order valence-electron chi connectivity index (χ0n) is 11.1. The number of aromatic nitrogens is 3. The van der Waals surface area contributed by atoms with Crippen molar-refractivity contribution >= 4 is 28.6 Å². The first kappa shape index (κ1) is 12.7. The molecule has 0 atom stereocenters. The van der Waals surface area contributed by atoms with Crippen LogP contribution in [0.25, 0.3) is 22.6 Å². The highest BCUT2D eigenvalue weighted by Gasteiger charge is 2.12. The van der Waals surface area contributed by atoms with E-state index in [-0.39, 0.29) is 0 Å². The van der Waals surface area contributed by atoms with Crippen molar-refractivity contribution in [2.45, 2.75) is 0 Å². The fourth-order valence-electron chi connectivity index (χ4n) is 2.02. The van der Waals surface area contributed by atoms with Crippen molar-refractivity contribution in [2.75, 3.05) is 19.5 Å². The molecule has 5 nitrogen and oxygen atoms in total. The number of nitrogens with one attached hydrogen (secondary N) is 2. The molecule has 6 heteroatoms. The molecule has 0 saturated carbocycles. The van der Waals surface area contributed by atoms with Crippen molar-refractivity contribution in [2.24, 2.45) is 0 Å². The van der Waals surface area contributed by atoms with E-state index in [0.717, 1.165) is 16.9 Å². The molecule has 0 fully saturated rings. The number of methoxy groups -OCH3 is 1. The molecular formula is C14H13ClN4O. The number of anilines is 1. The number of fused-ring (bicyclic) bond motifs is 1. The van der Waals surface area contributed by atoms with E-state index in [9.17, 15) is 0 Å². The molecule has 3 aromatic rings. The van der Waals surface area contributed by atoms with Gasteiger partial charge in [0.2, 0.25) is 0 Å². The third kappa shape index (κ3) is 2.16. The van der Waals surface area contributed by atoms with Crippen LogP contribution >= 0.6 is 11.6 Å². The van der Waals surface area contributed by atoms with E-state index in [1.54, 1.807) is 13.2 Å². The maximum absolute atomic E-state index is 6.05. The second-order valence-corrected chi connectivity index (χ2v) is 4.68. The normalized spacial score (nSPS) is 10.8. The van der Waals surface area contributed by atoms with Gasteiger partial charge in [-0.2, -0.15) is 0 Å². The second-order valence-electron chi connectivity index (χ2n) is 4.25. The summed E-state index contributed by atoms with van der Waals surface area (Å²) in [6.45, 7) is 0. The number of hydrogen-bond acceptors (Lipinski definition) is 4. The lowest BCUT2D eigenvalue weighted by Gasteiger charge is -2.05. The number of aromatic amines is 1. The van der Waals surface area contributed by atoms with Crippen LogP contribution in [0.5, 0.6) is 5.75 Å². The largest absolute Gasteiger partial charge is 0.496 e. The molecule has 0 radical (unpaired) electrons. The third-order valence-corrected chi connectivity index (χ3v) is 3.25. The molecule has 0 saturated heterocycles. The minimum absolute atomic E-state index is 0.630. The number of nitrogens with zero attached hydrogens (tertiary/aromatic N) is 2. The number of H-pyrrole nitrogens is 1. The molecule has 2 aromatic heterocycles. The number of hydrogen-bond donors (Lipinski definition) is 2. The first-order valence-electron chi connectivity index (χ1n) is 6.09. The van der Waals surface area contributed by atoms with Crippen LogP contribution in [0.1, 0.15) is 0 Å². The van der Waals surface area contributed by atoms with Gasteiger partial charge in [0.1, 0.15) is 17.4 Å². The first-order valence-corrected chi connectivity index (χ1v) is 6.47. The van der Waals surface area contributed by atoms with Crippen molar-refractivity contribution in [3.63, 3.8) is 0 Å². The molecule has 0 spiro atoms. The Balaban J connectivity index is 2.17. The number of pyridine rings is 1. The van der Waals surface area contributed by atoms with E-state index < -0.39 is 0 Å². The average molecular weight is 289 g/mol. The molecule has 2 heterocycles. The van der Waals surface area contributed by atoms with Gasteiger partial charge in [0.15, 0.2) is 5.65 Å². The molecule has 2 N–H and O–H groups in total. The number of ether oxygens (including phenoxy) is 1. The van der Waals surface area contributed by atoms with Crippen molar-refractivity contribution in [3.8, 4) is 17.1 Å². The summed E-state index contributed by atoms with van der Waals surface area (Å²) >= 11 is 6.05. The maximum atomic E-state index is 6.05. The van der Waals surface area contributed by atoms with Gasteiger partial charge in [-0.15, -0.1) is 0 Å². The predicted molar refractivity (Wildman–Crippen MR) is 80.4 cm³/mol.